The van der Waals surface area contributed by atoms with Gasteiger partial charge in [0.25, 0.3) is 5.56 Å². The molecule has 1 aliphatic heterocycles. The normalized spacial score (nSPS) is 15.2. The fourth-order valence-corrected chi connectivity index (χ4v) is 5.45. The Bertz CT molecular complexity index is 1560. The molecule has 1 aromatic heterocycles. The third-order valence-corrected chi connectivity index (χ3v) is 7.13. The molecule has 0 bridgehead atoms. The zero-order valence-corrected chi connectivity index (χ0v) is 22.7. The van der Waals surface area contributed by atoms with Crippen LogP contribution in [0, 0.1) is 0 Å². The number of para-hydroxylation sites is 1. The number of aromatic nitrogens is 1. The van der Waals surface area contributed by atoms with Gasteiger partial charge in [0.15, 0.2) is 16.3 Å². The molecule has 4 rings (SSSR count). The molecule has 3 aromatic rings. The molecule has 0 unspecified atom stereocenters. The molecule has 8 nitrogen and oxygen atoms in total. The van der Waals surface area contributed by atoms with Crippen molar-refractivity contribution in [1.82, 2.24) is 4.57 Å². The largest absolute Gasteiger partial charge is 0.494 e. The quantitative estimate of drug-likeness (QED) is 0.402. The number of carbonyl (C=O) groups is 1. The third kappa shape index (κ3) is 5.01. The minimum atomic E-state index is -0.777. The summed E-state index contributed by atoms with van der Waals surface area (Å²) >= 11 is 7.70. The summed E-state index contributed by atoms with van der Waals surface area (Å²) in [7, 11) is 3.05. The topological polar surface area (TPSA) is 88.4 Å². The average molecular weight is 543 g/mol. The van der Waals surface area contributed by atoms with Crippen LogP contribution >= 0.6 is 22.9 Å². The fourth-order valence-electron chi connectivity index (χ4n) is 4.20. The second kappa shape index (κ2) is 11.2. The van der Waals surface area contributed by atoms with E-state index in [4.69, 9.17) is 30.5 Å². The van der Waals surface area contributed by atoms with Gasteiger partial charge in [-0.05, 0) is 44.5 Å². The second-order valence-electron chi connectivity index (χ2n) is 8.00. The first-order valence-corrected chi connectivity index (χ1v) is 12.9. The number of allylic oxidation sites excluding steroid dienone is 1. The standard InChI is InChI=1S/C27H27ClN2O6S/c1-6-35-19-11-9-8-10-17(19)24-23(26(32)36-7-2)15(3)29-27-30(24)25(31)22(37-27)13-16-12-20(33-4)21(34-5)14-18(16)28/h8-14,24H,6-7H2,1-5H3/b22-13-/t24-/m0/s1. The first-order valence-electron chi connectivity index (χ1n) is 11.7. The number of benzene rings is 2. The van der Waals surface area contributed by atoms with Crippen molar-refractivity contribution >= 4 is 35.0 Å². The number of ether oxygens (including phenoxy) is 4. The predicted molar refractivity (Wildman–Crippen MR) is 143 cm³/mol. The van der Waals surface area contributed by atoms with Crippen LogP contribution in [0.5, 0.6) is 17.2 Å². The van der Waals surface area contributed by atoms with E-state index in [1.54, 1.807) is 32.1 Å². The van der Waals surface area contributed by atoms with Crippen LogP contribution < -0.4 is 29.1 Å². The van der Waals surface area contributed by atoms with Crippen LogP contribution in [0.3, 0.4) is 0 Å². The number of halogens is 1. The molecule has 0 saturated carbocycles. The number of methoxy groups -OCH3 is 2. The van der Waals surface area contributed by atoms with Gasteiger partial charge in [-0.15, -0.1) is 0 Å². The van der Waals surface area contributed by atoms with Crippen LogP contribution in [0.15, 0.2) is 57.5 Å². The molecule has 2 heterocycles. The van der Waals surface area contributed by atoms with E-state index in [2.05, 4.69) is 4.99 Å². The lowest BCUT2D eigenvalue weighted by molar-refractivity contribution is -0.139. The maximum Gasteiger partial charge on any atom is 0.338 e. The molecule has 1 atom stereocenters. The minimum Gasteiger partial charge on any atom is -0.494 e. The molecule has 0 aliphatic carbocycles. The maximum atomic E-state index is 13.9. The predicted octanol–water partition coefficient (Wildman–Crippen LogP) is 3.87. The van der Waals surface area contributed by atoms with Gasteiger partial charge in [-0.2, -0.15) is 0 Å². The van der Waals surface area contributed by atoms with Crippen molar-refractivity contribution in [3.8, 4) is 17.2 Å². The minimum absolute atomic E-state index is 0.192. The maximum absolute atomic E-state index is 13.9. The molecule has 0 saturated heterocycles. The van der Waals surface area contributed by atoms with E-state index < -0.39 is 12.0 Å². The number of hydrogen-bond acceptors (Lipinski definition) is 8. The van der Waals surface area contributed by atoms with E-state index in [0.717, 1.165) is 0 Å². The third-order valence-electron chi connectivity index (χ3n) is 5.82. The highest BCUT2D eigenvalue weighted by Crippen LogP contribution is 2.36. The molecule has 10 heteroatoms. The molecule has 0 fully saturated rings. The van der Waals surface area contributed by atoms with Gasteiger partial charge in [0.05, 0.1) is 48.3 Å². The van der Waals surface area contributed by atoms with E-state index in [0.29, 0.717) is 55.0 Å². The Morgan fingerprint density at radius 1 is 1.11 bits per heavy atom. The monoisotopic (exact) mass is 542 g/mol. The SMILES string of the molecule is CCOC(=O)C1=C(C)N=c2s/c(=C\c3cc(OC)c(OC)cc3Cl)c(=O)n2[C@H]1c1ccccc1OCC. The van der Waals surface area contributed by atoms with Crippen molar-refractivity contribution in [2.24, 2.45) is 4.99 Å². The summed E-state index contributed by atoms with van der Waals surface area (Å²) in [6, 6.07) is 9.91. The number of carbonyl (C=O) groups excluding carboxylic acids is 1. The van der Waals surface area contributed by atoms with Gasteiger partial charge in [-0.1, -0.05) is 41.1 Å². The molecule has 37 heavy (non-hydrogen) atoms. The molecule has 1 aliphatic rings. The molecule has 0 spiro atoms. The Labute approximate surface area is 223 Å². The van der Waals surface area contributed by atoms with Gasteiger partial charge < -0.3 is 18.9 Å². The van der Waals surface area contributed by atoms with Crippen LogP contribution in [0.4, 0.5) is 0 Å². The molecule has 0 N–H and O–H groups in total. The van der Waals surface area contributed by atoms with E-state index in [1.165, 1.54) is 30.1 Å². The van der Waals surface area contributed by atoms with Crippen LogP contribution in [-0.2, 0) is 9.53 Å². The van der Waals surface area contributed by atoms with Crippen molar-refractivity contribution in [3.63, 3.8) is 0 Å². The van der Waals surface area contributed by atoms with Gasteiger partial charge in [-0.3, -0.25) is 9.36 Å². The van der Waals surface area contributed by atoms with Gasteiger partial charge >= 0.3 is 5.97 Å². The summed E-state index contributed by atoms with van der Waals surface area (Å²) in [6.45, 7) is 5.97. The Balaban J connectivity index is 1.98. The number of thiazole rings is 1. The Morgan fingerprint density at radius 2 is 1.81 bits per heavy atom. The summed E-state index contributed by atoms with van der Waals surface area (Å²) in [4.78, 5) is 32.0. The van der Waals surface area contributed by atoms with Crippen molar-refractivity contribution < 1.29 is 23.7 Å². The lowest BCUT2D eigenvalue weighted by Crippen LogP contribution is -2.40. The fraction of sp³-hybridized carbons (Fsp3) is 0.296. The molecule has 2 aromatic carbocycles. The van der Waals surface area contributed by atoms with Crippen molar-refractivity contribution in [2.45, 2.75) is 26.8 Å². The smallest absolute Gasteiger partial charge is 0.338 e. The number of hydrogen-bond donors (Lipinski definition) is 0. The molecule has 0 amide bonds. The zero-order valence-electron chi connectivity index (χ0n) is 21.2. The summed E-state index contributed by atoms with van der Waals surface area (Å²) in [5.74, 6) is 1.00. The Kier molecular flexibility index (Phi) is 8.04. The lowest BCUT2D eigenvalue weighted by Gasteiger charge is -2.26. The van der Waals surface area contributed by atoms with Gasteiger partial charge in [0.1, 0.15) is 11.8 Å². The van der Waals surface area contributed by atoms with Crippen molar-refractivity contribution in [3.05, 3.63) is 83.5 Å². The van der Waals surface area contributed by atoms with Gasteiger partial charge in [0.2, 0.25) is 0 Å². The molecular formula is C27H27ClN2O6S. The lowest BCUT2D eigenvalue weighted by atomic mass is 9.95. The average Bonchev–Trinajstić information content (AvgIpc) is 3.19. The van der Waals surface area contributed by atoms with E-state index >= 15 is 0 Å². The van der Waals surface area contributed by atoms with E-state index in [-0.39, 0.29) is 17.7 Å². The summed E-state index contributed by atoms with van der Waals surface area (Å²) in [6.07, 6.45) is 1.68. The Hall–Kier alpha value is -3.56. The highest BCUT2D eigenvalue weighted by molar-refractivity contribution is 7.07. The van der Waals surface area contributed by atoms with Crippen LogP contribution in [0.25, 0.3) is 6.08 Å². The van der Waals surface area contributed by atoms with Gasteiger partial charge in [-0.25, -0.2) is 9.79 Å². The number of nitrogens with zero attached hydrogens (tertiary/aromatic N) is 2. The van der Waals surface area contributed by atoms with Crippen LogP contribution in [0.1, 0.15) is 37.9 Å². The first-order chi connectivity index (χ1) is 17.8. The number of fused-ring (bicyclic) bond motifs is 1. The van der Waals surface area contributed by atoms with Crippen LogP contribution in [-0.4, -0.2) is 38.0 Å². The summed E-state index contributed by atoms with van der Waals surface area (Å²) < 4.78 is 23.8. The highest BCUT2D eigenvalue weighted by atomic mass is 35.5. The van der Waals surface area contributed by atoms with Crippen molar-refractivity contribution in [1.29, 1.82) is 0 Å². The zero-order chi connectivity index (χ0) is 26.7. The van der Waals surface area contributed by atoms with Gasteiger partial charge in [0, 0.05) is 11.6 Å². The molecular weight excluding hydrogens is 516 g/mol. The second-order valence-corrected chi connectivity index (χ2v) is 9.42. The summed E-state index contributed by atoms with van der Waals surface area (Å²) in [5, 5.41) is 0.394. The number of rotatable bonds is 8. The van der Waals surface area contributed by atoms with Crippen LogP contribution in [0.2, 0.25) is 5.02 Å². The van der Waals surface area contributed by atoms with Crippen molar-refractivity contribution in [2.75, 3.05) is 27.4 Å². The summed E-state index contributed by atoms with van der Waals surface area (Å²) in [5.41, 5.74) is 1.69. The Morgan fingerprint density at radius 3 is 2.49 bits per heavy atom. The highest BCUT2D eigenvalue weighted by Gasteiger charge is 2.35. The van der Waals surface area contributed by atoms with E-state index in [9.17, 15) is 9.59 Å². The number of esters is 1. The van der Waals surface area contributed by atoms with E-state index in [1.807, 2.05) is 31.2 Å². The molecule has 0 radical (unpaired) electrons. The molecule has 194 valence electrons. The first kappa shape index (κ1) is 26.5.